The Morgan fingerprint density at radius 2 is 1.44 bits per heavy atom. The Hall–Kier alpha value is -1.59. The highest BCUT2D eigenvalue weighted by molar-refractivity contribution is 5.33. The van der Waals surface area contributed by atoms with Crippen LogP contribution in [0.2, 0.25) is 0 Å². The number of hydrogen-bond acceptors (Lipinski definition) is 1. The second-order valence-corrected chi connectivity index (χ2v) is 9.61. The normalized spacial score (nSPS) is 27.1. The summed E-state index contributed by atoms with van der Waals surface area (Å²) in [5, 5.41) is 0. The predicted octanol–water partition coefficient (Wildman–Crippen LogP) is 9.08. The van der Waals surface area contributed by atoms with E-state index in [4.69, 9.17) is 0 Å². The van der Waals surface area contributed by atoms with Gasteiger partial charge in [0, 0.05) is 0 Å². The Balaban J connectivity index is 1.45. The SMILES string of the molecule is CC=CCCCCC1CCC(C2CCC(c3cc(F)c(OC(F)(F)F)c(F)c3)CC2)CC1. The minimum atomic E-state index is -5.12. The molecule has 2 aliphatic carbocycles. The van der Waals surface area contributed by atoms with Crippen LogP contribution in [0.1, 0.15) is 95.5 Å². The minimum absolute atomic E-state index is 0.0105. The fourth-order valence-corrected chi connectivity index (χ4v) is 5.76. The zero-order chi connectivity index (χ0) is 23.1. The summed E-state index contributed by atoms with van der Waals surface area (Å²) >= 11 is 0. The van der Waals surface area contributed by atoms with Crippen molar-refractivity contribution in [3.63, 3.8) is 0 Å². The van der Waals surface area contributed by atoms with Crippen LogP contribution in [0.3, 0.4) is 0 Å². The van der Waals surface area contributed by atoms with Crippen LogP contribution in [-0.4, -0.2) is 6.36 Å². The maximum atomic E-state index is 14.1. The number of rotatable bonds is 8. The van der Waals surface area contributed by atoms with Crippen molar-refractivity contribution in [1.82, 2.24) is 0 Å². The summed E-state index contributed by atoms with van der Waals surface area (Å²) < 4.78 is 68.7. The average molecular weight is 459 g/mol. The van der Waals surface area contributed by atoms with Gasteiger partial charge in [-0.3, -0.25) is 0 Å². The van der Waals surface area contributed by atoms with E-state index in [1.165, 1.54) is 51.4 Å². The van der Waals surface area contributed by atoms with Crippen molar-refractivity contribution < 1.29 is 26.7 Å². The zero-order valence-corrected chi connectivity index (χ0v) is 18.9. The molecule has 0 unspecified atom stereocenters. The van der Waals surface area contributed by atoms with Gasteiger partial charge in [0.2, 0.25) is 5.75 Å². The Labute approximate surface area is 188 Å². The summed E-state index contributed by atoms with van der Waals surface area (Å²) in [4.78, 5) is 0. The fourth-order valence-electron chi connectivity index (χ4n) is 5.76. The van der Waals surface area contributed by atoms with Crippen LogP contribution in [0.5, 0.6) is 5.75 Å². The molecule has 6 heteroatoms. The van der Waals surface area contributed by atoms with Gasteiger partial charge in [-0.25, -0.2) is 8.78 Å². The molecule has 1 nitrogen and oxygen atoms in total. The highest BCUT2D eigenvalue weighted by Gasteiger charge is 2.35. The summed E-state index contributed by atoms with van der Waals surface area (Å²) in [5.41, 5.74) is 0.439. The molecular formula is C26H35F5O. The van der Waals surface area contributed by atoms with E-state index < -0.39 is 23.7 Å². The molecule has 180 valence electrons. The van der Waals surface area contributed by atoms with Gasteiger partial charge in [-0.2, -0.15) is 0 Å². The number of allylic oxidation sites excluding steroid dienone is 2. The molecule has 0 aromatic heterocycles. The quantitative estimate of drug-likeness (QED) is 0.214. The van der Waals surface area contributed by atoms with Gasteiger partial charge in [0.15, 0.2) is 11.6 Å². The van der Waals surface area contributed by atoms with Crippen molar-refractivity contribution in [1.29, 1.82) is 0 Å². The molecule has 2 saturated carbocycles. The third-order valence-corrected chi connectivity index (χ3v) is 7.51. The first-order valence-electron chi connectivity index (χ1n) is 12.1. The van der Waals surface area contributed by atoms with Crippen LogP contribution in [0.15, 0.2) is 24.3 Å². The van der Waals surface area contributed by atoms with Crippen molar-refractivity contribution in [2.75, 3.05) is 0 Å². The molecule has 0 N–H and O–H groups in total. The predicted molar refractivity (Wildman–Crippen MR) is 116 cm³/mol. The Kier molecular flexibility index (Phi) is 9.01. The molecular weight excluding hydrogens is 423 g/mol. The Morgan fingerprint density at radius 3 is 1.97 bits per heavy atom. The average Bonchev–Trinajstić information content (AvgIpc) is 2.76. The van der Waals surface area contributed by atoms with Gasteiger partial charge in [-0.05, 0) is 99.7 Å². The fraction of sp³-hybridized carbons (Fsp3) is 0.692. The van der Waals surface area contributed by atoms with Gasteiger partial charge >= 0.3 is 6.36 Å². The number of hydrogen-bond donors (Lipinski definition) is 0. The standard InChI is InChI=1S/C26H35F5O/c1-2-3-4-5-6-7-18-8-10-19(11-9-18)20-12-14-21(15-13-20)22-16-23(27)25(24(28)17-22)32-26(29,30)31/h2-3,16-21H,4-15H2,1H3. The molecule has 1 aromatic rings. The molecule has 0 aliphatic heterocycles. The van der Waals surface area contributed by atoms with Gasteiger partial charge in [-0.15, -0.1) is 13.2 Å². The molecule has 2 fully saturated rings. The van der Waals surface area contributed by atoms with Crippen molar-refractivity contribution >= 4 is 0 Å². The third kappa shape index (κ3) is 7.21. The molecule has 0 atom stereocenters. The number of alkyl halides is 3. The number of benzene rings is 1. The van der Waals surface area contributed by atoms with Crippen LogP contribution < -0.4 is 4.74 Å². The summed E-state index contributed by atoms with van der Waals surface area (Å²) in [5.74, 6) is -1.70. The van der Waals surface area contributed by atoms with E-state index in [2.05, 4.69) is 23.8 Å². The lowest BCUT2D eigenvalue weighted by Gasteiger charge is -2.38. The number of unbranched alkanes of at least 4 members (excludes halogenated alkanes) is 2. The van der Waals surface area contributed by atoms with E-state index >= 15 is 0 Å². The first-order chi connectivity index (χ1) is 15.3. The van der Waals surface area contributed by atoms with Gasteiger partial charge in [0.1, 0.15) is 0 Å². The van der Waals surface area contributed by atoms with E-state index in [0.717, 1.165) is 49.7 Å². The smallest absolute Gasteiger partial charge is 0.399 e. The van der Waals surface area contributed by atoms with E-state index in [1.54, 1.807) is 0 Å². The molecule has 0 amide bonds. The second kappa shape index (κ2) is 11.5. The number of ether oxygens (including phenoxy) is 1. The van der Waals surface area contributed by atoms with Gasteiger partial charge < -0.3 is 4.74 Å². The lowest BCUT2D eigenvalue weighted by molar-refractivity contribution is -0.276. The van der Waals surface area contributed by atoms with Gasteiger partial charge in [0.05, 0.1) is 0 Å². The Bertz CT molecular complexity index is 718. The lowest BCUT2D eigenvalue weighted by Crippen LogP contribution is -2.25. The minimum Gasteiger partial charge on any atom is -0.399 e. The molecule has 0 radical (unpaired) electrons. The highest BCUT2D eigenvalue weighted by Crippen LogP contribution is 2.45. The summed E-state index contributed by atoms with van der Waals surface area (Å²) in [6, 6.07) is 2.02. The van der Waals surface area contributed by atoms with E-state index in [9.17, 15) is 22.0 Å². The molecule has 0 spiro atoms. The summed E-state index contributed by atoms with van der Waals surface area (Å²) in [7, 11) is 0. The van der Waals surface area contributed by atoms with Gasteiger partial charge in [-0.1, -0.05) is 37.8 Å². The van der Waals surface area contributed by atoms with Crippen LogP contribution in [0, 0.1) is 29.4 Å². The van der Waals surface area contributed by atoms with Crippen molar-refractivity contribution in [3.8, 4) is 5.75 Å². The lowest BCUT2D eigenvalue weighted by atomic mass is 9.68. The van der Waals surface area contributed by atoms with E-state index in [-0.39, 0.29) is 5.92 Å². The van der Waals surface area contributed by atoms with E-state index in [1.807, 2.05) is 0 Å². The summed E-state index contributed by atoms with van der Waals surface area (Å²) in [6.07, 6.45) is 13.2. The van der Waals surface area contributed by atoms with Crippen LogP contribution in [-0.2, 0) is 0 Å². The van der Waals surface area contributed by atoms with Crippen molar-refractivity contribution in [3.05, 3.63) is 41.5 Å². The molecule has 32 heavy (non-hydrogen) atoms. The molecule has 3 rings (SSSR count). The van der Waals surface area contributed by atoms with Crippen LogP contribution >= 0.6 is 0 Å². The summed E-state index contributed by atoms with van der Waals surface area (Å²) in [6.45, 7) is 2.06. The maximum absolute atomic E-state index is 14.1. The third-order valence-electron chi connectivity index (χ3n) is 7.51. The van der Waals surface area contributed by atoms with Crippen LogP contribution in [0.25, 0.3) is 0 Å². The molecule has 0 heterocycles. The highest BCUT2D eigenvalue weighted by atomic mass is 19.4. The van der Waals surface area contributed by atoms with Crippen molar-refractivity contribution in [2.45, 2.75) is 96.3 Å². The largest absolute Gasteiger partial charge is 0.573 e. The van der Waals surface area contributed by atoms with Gasteiger partial charge in [0.25, 0.3) is 0 Å². The van der Waals surface area contributed by atoms with Crippen molar-refractivity contribution in [2.24, 2.45) is 17.8 Å². The molecule has 0 bridgehead atoms. The monoisotopic (exact) mass is 458 g/mol. The maximum Gasteiger partial charge on any atom is 0.573 e. The van der Waals surface area contributed by atoms with E-state index in [0.29, 0.717) is 11.5 Å². The molecule has 0 saturated heterocycles. The molecule has 1 aromatic carbocycles. The first-order valence-corrected chi connectivity index (χ1v) is 12.1. The van der Waals surface area contributed by atoms with Crippen LogP contribution in [0.4, 0.5) is 22.0 Å². The molecule has 2 aliphatic rings. The second-order valence-electron chi connectivity index (χ2n) is 9.61. The Morgan fingerprint density at radius 1 is 0.875 bits per heavy atom. The first kappa shape index (κ1) is 25.0. The zero-order valence-electron chi connectivity index (χ0n) is 18.9. The number of halogens is 5. The topological polar surface area (TPSA) is 9.23 Å².